The maximum Gasteiger partial charge on any atom is 0.355 e. The first-order valence-electron chi connectivity index (χ1n) is 13.0. The van der Waals surface area contributed by atoms with Crippen molar-refractivity contribution in [1.29, 1.82) is 0 Å². The highest BCUT2D eigenvalue weighted by atomic mass is 16.6. The summed E-state index contributed by atoms with van der Waals surface area (Å²) in [4.78, 5) is 56.3. The number of carbonyl (C=O) groups is 4. The lowest BCUT2D eigenvalue weighted by molar-refractivity contribution is -0.141. The lowest BCUT2D eigenvalue weighted by Gasteiger charge is -2.19. The van der Waals surface area contributed by atoms with E-state index in [2.05, 4.69) is 9.97 Å². The molecule has 2 heterocycles. The number of aromatic amines is 2. The summed E-state index contributed by atoms with van der Waals surface area (Å²) in [5.41, 5.74) is 3.50. The van der Waals surface area contributed by atoms with Gasteiger partial charge in [-0.15, -0.1) is 0 Å². The Balaban J connectivity index is 2.59. The van der Waals surface area contributed by atoms with Crippen LogP contribution in [0, 0.1) is 13.8 Å². The molecule has 0 saturated carbocycles. The zero-order chi connectivity index (χ0) is 29.7. The normalized spacial score (nSPS) is 11.7. The van der Waals surface area contributed by atoms with Crippen molar-refractivity contribution in [1.82, 2.24) is 9.97 Å². The Morgan fingerprint density at radius 3 is 1.26 bits per heavy atom. The van der Waals surface area contributed by atoms with Crippen LogP contribution in [0.25, 0.3) is 0 Å². The molecule has 0 atom stereocenters. The van der Waals surface area contributed by atoms with Crippen LogP contribution in [0.5, 0.6) is 0 Å². The molecule has 2 rings (SSSR count). The minimum absolute atomic E-state index is 0.123. The highest BCUT2D eigenvalue weighted by Crippen LogP contribution is 2.29. The van der Waals surface area contributed by atoms with Gasteiger partial charge in [-0.3, -0.25) is 9.59 Å². The fraction of sp³-hybridized carbons (Fsp3) is 0.586. The van der Waals surface area contributed by atoms with Gasteiger partial charge in [-0.1, -0.05) is 0 Å². The fourth-order valence-corrected chi connectivity index (χ4v) is 4.27. The van der Waals surface area contributed by atoms with E-state index in [0.717, 1.165) is 11.1 Å². The van der Waals surface area contributed by atoms with E-state index in [1.165, 1.54) is 14.2 Å². The van der Waals surface area contributed by atoms with Crippen molar-refractivity contribution in [3.8, 4) is 0 Å². The maximum atomic E-state index is 13.0. The van der Waals surface area contributed by atoms with Gasteiger partial charge >= 0.3 is 23.9 Å². The first-order valence-corrected chi connectivity index (χ1v) is 13.0. The summed E-state index contributed by atoms with van der Waals surface area (Å²) >= 11 is 0. The Labute approximate surface area is 230 Å². The number of ether oxygens (including phenoxy) is 4. The predicted octanol–water partition coefficient (Wildman–Crippen LogP) is 4.67. The molecule has 10 heteroatoms. The molecule has 216 valence electrons. The molecule has 0 spiro atoms. The van der Waals surface area contributed by atoms with Gasteiger partial charge in [0.25, 0.3) is 0 Å². The van der Waals surface area contributed by atoms with Gasteiger partial charge in [0, 0.05) is 30.7 Å². The average Bonchev–Trinajstić information content (AvgIpc) is 3.29. The molecule has 2 aromatic heterocycles. The summed E-state index contributed by atoms with van der Waals surface area (Å²) in [7, 11) is 2.65. The Bertz CT molecular complexity index is 1130. The van der Waals surface area contributed by atoms with Crippen LogP contribution >= 0.6 is 0 Å². The van der Waals surface area contributed by atoms with E-state index in [4.69, 9.17) is 18.9 Å². The molecule has 39 heavy (non-hydrogen) atoms. The smallest absolute Gasteiger partial charge is 0.355 e. The van der Waals surface area contributed by atoms with Crippen LogP contribution < -0.4 is 0 Å². The van der Waals surface area contributed by atoms with Crippen LogP contribution in [0.15, 0.2) is 0 Å². The summed E-state index contributed by atoms with van der Waals surface area (Å²) in [6.45, 7) is 14.3. The number of hydrogen-bond acceptors (Lipinski definition) is 8. The van der Waals surface area contributed by atoms with E-state index in [1.54, 1.807) is 55.4 Å². The largest absolute Gasteiger partial charge is 0.469 e. The zero-order valence-corrected chi connectivity index (χ0v) is 24.8. The Hall–Kier alpha value is -3.56. The van der Waals surface area contributed by atoms with Gasteiger partial charge in [0.05, 0.1) is 14.2 Å². The van der Waals surface area contributed by atoms with E-state index < -0.39 is 23.1 Å². The van der Waals surface area contributed by atoms with Crippen LogP contribution in [0.2, 0.25) is 0 Å². The van der Waals surface area contributed by atoms with Crippen molar-refractivity contribution in [2.75, 3.05) is 14.2 Å². The van der Waals surface area contributed by atoms with Gasteiger partial charge in [-0.2, -0.15) is 0 Å². The van der Waals surface area contributed by atoms with Gasteiger partial charge in [-0.05, 0) is 90.5 Å². The van der Waals surface area contributed by atoms with Crippen LogP contribution in [-0.2, 0) is 47.8 Å². The molecule has 0 radical (unpaired) electrons. The third-order valence-corrected chi connectivity index (χ3v) is 6.11. The van der Waals surface area contributed by atoms with E-state index in [-0.39, 0.29) is 31.2 Å². The number of rotatable bonds is 10. The number of esters is 4. The van der Waals surface area contributed by atoms with E-state index >= 15 is 0 Å². The molecule has 0 aliphatic rings. The molecular formula is C29H42N2O8. The van der Waals surface area contributed by atoms with Gasteiger partial charge in [0.1, 0.15) is 22.6 Å². The third-order valence-electron chi connectivity index (χ3n) is 6.11. The Morgan fingerprint density at radius 2 is 0.974 bits per heavy atom. The summed E-state index contributed by atoms with van der Waals surface area (Å²) < 4.78 is 20.8. The van der Waals surface area contributed by atoms with Crippen LogP contribution in [0.3, 0.4) is 0 Å². The Morgan fingerprint density at radius 1 is 0.641 bits per heavy atom. The lowest BCUT2D eigenvalue weighted by Crippen LogP contribution is -2.24. The molecule has 0 saturated heterocycles. The highest BCUT2D eigenvalue weighted by Gasteiger charge is 2.28. The molecule has 0 unspecified atom stereocenters. The van der Waals surface area contributed by atoms with Crippen molar-refractivity contribution >= 4 is 23.9 Å². The molecule has 0 bridgehead atoms. The lowest BCUT2D eigenvalue weighted by atomic mass is 9.98. The quantitative estimate of drug-likeness (QED) is 0.324. The van der Waals surface area contributed by atoms with Crippen molar-refractivity contribution < 1.29 is 38.1 Å². The molecule has 10 nitrogen and oxygen atoms in total. The van der Waals surface area contributed by atoms with E-state index in [9.17, 15) is 19.2 Å². The molecular weight excluding hydrogens is 504 g/mol. The van der Waals surface area contributed by atoms with Gasteiger partial charge in [0.15, 0.2) is 0 Å². The number of nitrogens with one attached hydrogen (secondary N) is 2. The zero-order valence-electron chi connectivity index (χ0n) is 24.8. The second kappa shape index (κ2) is 12.5. The van der Waals surface area contributed by atoms with Gasteiger partial charge in [0.2, 0.25) is 0 Å². The molecule has 0 amide bonds. The molecule has 0 aliphatic heterocycles. The van der Waals surface area contributed by atoms with Crippen molar-refractivity contribution in [2.45, 2.75) is 98.7 Å². The maximum absolute atomic E-state index is 13.0. The number of methoxy groups -OCH3 is 2. The minimum Gasteiger partial charge on any atom is -0.469 e. The fourth-order valence-electron chi connectivity index (χ4n) is 4.27. The van der Waals surface area contributed by atoms with Gasteiger partial charge < -0.3 is 28.9 Å². The molecule has 0 fully saturated rings. The van der Waals surface area contributed by atoms with E-state index in [0.29, 0.717) is 46.7 Å². The minimum atomic E-state index is -0.694. The topological polar surface area (TPSA) is 137 Å². The second-order valence-electron chi connectivity index (χ2n) is 11.5. The van der Waals surface area contributed by atoms with E-state index in [1.807, 2.05) is 0 Å². The summed E-state index contributed by atoms with van der Waals surface area (Å²) in [5.74, 6) is -1.76. The number of H-pyrrole nitrogens is 2. The average molecular weight is 547 g/mol. The van der Waals surface area contributed by atoms with Crippen LogP contribution in [0.1, 0.15) is 109 Å². The summed E-state index contributed by atoms with van der Waals surface area (Å²) in [5, 5.41) is 0. The molecule has 0 aromatic carbocycles. The Kier molecular flexibility index (Phi) is 10.2. The number of hydrogen-bond donors (Lipinski definition) is 2. The molecule has 2 N–H and O–H groups in total. The molecule has 0 aliphatic carbocycles. The summed E-state index contributed by atoms with van der Waals surface area (Å²) in [6.07, 6.45) is 1.20. The number of carbonyl (C=O) groups excluding carboxylic acids is 4. The predicted molar refractivity (Wildman–Crippen MR) is 145 cm³/mol. The standard InChI is InChI=1S/C29H42N2O8/c1-16-18(11-13-22(32)36-9)20(30-24(16)26(34)38-28(3,4)5)15-21-19(12-14-23(33)37-10)17(2)25(31-21)27(35)39-29(6,7)8/h30-31H,11-15H2,1-10H3. The monoisotopic (exact) mass is 546 g/mol. The van der Waals surface area contributed by atoms with Gasteiger partial charge in [-0.25, -0.2) is 9.59 Å². The highest BCUT2D eigenvalue weighted by molar-refractivity contribution is 5.91. The molecule has 2 aromatic rings. The van der Waals surface area contributed by atoms with Crippen molar-refractivity contribution in [3.63, 3.8) is 0 Å². The van der Waals surface area contributed by atoms with Crippen LogP contribution in [-0.4, -0.2) is 59.3 Å². The second-order valence-corrected chi connectivity index (χ2v) is 11.5. The van der Waals surface area contributed by atoms with Crippen molar-refractivity contribution in [3.05, 3.63) is 45.0 Å². The number of aromatic nitrogens is 2. The summed E-state index contributed by atoms with van der Waals surface area (Å²) in [6, 6.07) is 0. The first-order chi connectivity index (χ1) is 18.0. The SMILES string of the molecule is COC(=O)CCc1c(Cc2[nH]c(C(=O)OC(C)(C)C)c(C)c2CCC(=O)OC)[nH]c(C(=O)OC(C)(C)C)c1C. The van der Waals surface area contributed by atoms with Crippen LogP contribution in [0.4, 0.5) is 0 Å². The third kappa shape index (κ3) is 8.73. The first kappa shape index (κ1) is 31.7. The van der Waals surface area contributed by atoms with Crippen molar-refractivity contribution in [2.24, 2.45) is 0 Å².